The molecule has 1 unspecified atom stereocenters. The van der Waals surface area contributed by atoms with Gasteiger partial charge in [-0.15, -0.1) is 0 Å². The van der Waals surface area contributed by atoms with Crippen molar-refractivity contribution in [2.75, 3.05) is 0 Å². The van der Waals surface area contributed by atoms with Crippen molar-refractivity contribution in [3.63, 3.8) is 0 Å². The maximum Gasteiger partial charge on any atom is 0.0957 e. The lowest BCUT2D eigenvalue weighted by Crippen LogP contribution is -2.11. The molecule has 0 aliphatic heterocycles. The van der Waals surface area contributed by atoms with E-state index < -0.39 is 6.10 Å². The number of pyridine rings is 1. The fraction of sp³-hybridized carbons (Fsp3) is 0.250. The highest BCUT2D eigenvalue weighted by Crippen LogP contribution is 1.97. The van der Waals surface area contributed by atoms with Crippen LogP contribution in [0.3, 0.4) is 0 Å². The zero-order valence-corrected chi connectivity index (χ0v) is 6.71. The molecule has 2 nitrogen and oxygen atoms in total. The molecule has 0 saturated carbocycles. The number of rotatable bonds is 3. The maximum absolute atomic E-state index is 9.06. The van der Waals surface area contributed by atoms with Crippen LogP contribution < -0.4 is 0 Å². The molecule has 0 spiro atoms. The predicted octanol–water partition coefficient (Wildman–Crippen LogP) is 0.862. The Balaban J connectivity index is 2.57. The first-order valence-corrected chi connectivity index (χ1v) is 3.69. The summed E-state index contributed by atoms with van der Waals surface area (Å²) < 4.78 is 0. The molecule has 0 bridgehead atoms. The quantitative estimate of drug-likeness (QED) is 0.676. The average Bonchev–Trinajstić information content (AvgIpc) is 2.06. The van der Waals surface area contributed by atoms with Gasteiger partial charge in [0.25, 0.3) is 0 Å². The van der Waals surface area contributed by atoms with Crippen LogP contribution in [0.2, 0.25) is 0 Å². The SMILES string of the molecule is OC([C]=S)Cc1ccccn1. The van der Waals surface area contributed by atoms with Crippen LogP contribution >= 0.6 is 12.2 Å². The number of nitrogens with zero attached hydrogens (tertiary/aromatic N) is 1. The summed E-state index contributed by atoms with van der Waals surface area (Å²) in [5, 5.41) is 11.4. The Morgan fingerprint density at radius 1 is 1.64 bits per heavy atom. The lowest BCUT2D eigenvalue weighted by molar-refractivity contribution is 0.248. The van der Waals surface area contributed by atoms with Gasteiger partial charge < -0.3 is 5.11 Å². The van der Waals surface area contributed by atoms with E-state index in [0.717, 1.165) is 5.69 Å². The second-order valence-electron chi connectivity index (χ2n) is 2.16. The van der Waals surface area contributed by atoms with Crippen LogP contribution in [0.4, 0.5) is 0 Å². The smallest absolute Gasteiger partial charge is 0.0957 e. The number of hydrogen-bond donors (Lipinski definition) is 1. The molecule has 0 aromatic carbocycles. The summed E-state index contributed by atoms with van der Waals surface area (Å²) in [5.41, 5.74) is 0.831. The predicted molar refractivity (Wildman–Crippen MR) is 46.5 cm³/mol. The topological polar surface area (TPSA) is 33.1 Å². The molecule has 1 radical (unpaired) electrons. The largest absolute Gasteiger partial charge is 0.387 e. The highest BCUT2D eigenvalue weighted by molar-refractivity contribution is 7.79. The van der Waals surface area contributed by atoms with Crippen LogP contribution in [0.25, 0.3) is 0 Å². The molecule has 11 heavy (non-hydrogen) atoms. The van der Waals surface area contributed by atoms with Crippen molar-refractivity contribution in [2.45, 2.75) is 12.5 Å². The van der Waals surface area contributed by atoms with Gasteiger partial charge in [0.2, 0.25) is 0 Å². The molecule has 0 amide bonds. The molecule has 0 saturated heterocycles. The van der Waals surface area contributed by atoms with Gasteiger partial charge in [-0.25, -0.2) is 0 Å². The standard InChI is InChI=1S/C8H8NOS/c10-8(6-11)5-7-3-1-2-4-9-7/h1-4,8,10H,5H2. The minimum absolute atomic E-state index is 0.449. The Kier molecular flexibility index (Phi) is 3.14. The van der Waals surface area contributed by atoms with Crippen molar-refractivity contribution in [1.82, 2.24) is 4.98 Å². The zero-order valence-electron chi connectivity index (χ0n) is 5.90. The van der Waals surface area contributed by atoms with E-state index in [4.69, 9.17) is 5.11 Å². The second kappa shape index (κ2) is 4.16. The van der Waals surface area contributed by atoms with Gasteiger partial charge in [0.05, 0.1) is 11.5 Å². The van der Waals surface area contributed by atoms with Gasteiger partial charge in [0.1, 0.15) is 0 Å². The van der Waals surface area contributed by atoms with Gasteiger partial charge in [-0.3, -0.25) is 4.98 Å². The van der Waals surface area contributed by atoms with Crippen LogP contribution in [0.1, 0.15) is 5.69 Å². The molecule has 3 heteroatoms. The second-order valence-corrected chi connectivity index (χ2v) is 2.39. The summed E-state index contributed by atoms with van der Waals surface area (Å²) in [4.78, 5) is 4.02. The first-order valence-electron chi connectivity index (χ1n) is 3.28. The van der Waals surface area contributed by atoms with Crippen LogP contribution in [0, 0.1) is 0 Å². The van der Waals surface area contributed by atoms with Crippen LogP contribution in [-0.2, 0) is 6.42 Å². The molecule has 0 aliphatic rings. The highest BCUT2D eigenvalue weighted by atomic mass is 32.1. The Morgan fingerprint density at radius 3 is 3.00 bits per heavy atom. The fourth-order valence-electron chi connectivity index (χ4n) is 0.759. The molecular weight excluding hydrogens is 158 g/mol. The zero-order chi connectivity index (χ0) is 8.10. The first kappa shape index (κ1) is 8.30. The van der Waals surface area contributed by atoms with E-state index in [0.29, 0.717) is 6.42 Å². The summed E-state index contributed by atoms with van der Waals surface area (Å²) in [7, 11) is 0. The van der Waals surface area contributed by atoms with Crippen LogP contribution in [0.5, 0.6) is 0 Å². The third-order valence-electron chi connectivity index (χ3n) is 1.26. The van der Waals surface area contributed by atoms with E-state index in [1.165, 1.54) is 0 Å². The Hall–Kier alpha value is -0.800. The van der Waals surface area contributed by atoms with E-state index in [1.54, 1.807) is 6.20 Å². The van der Waals surface area contributed by atoms with Gasteiger partial charge in [-0.1, -0.05) is 18.3 Å². The minimum atomic E-state index is -0.681. The Morgan fingerprint density at radius 2 is 2.45 bits per heavy atom. The van der Waals surface area contributed by atoms with Crippen LogP contribution in [0.15, 0.2) is 24.4 Å². The van der Waals surface area contributed by atoms with Crippen molar-refractivity contribution >= 4 is 17.6 Å². The van der Waals surface area contributed by atoms with E-state index in [-0.39, 0.29) is 0 Å². The van der Waals surface area contributed by atoms with Gasteiger partial charge in [-0.05, 0) is 12.1 Å². The van der Waals surface area contributed by atoms with Crippen molar-refractivity contribution in [3.8, 4) is 0 Å². The third-order valence-corrected chi connectivity index (χ3v) is 1.54. The summed E-state index contributed by atoms with van der Waals surface area (Å²) in [6.45, 7) is 0. The van der Waals surface area contributed by atoms with Gasteiger partial charge in [0, 0.05) is 18.3 Å². The van der Waals surface area contributed by atoms with Crippen molar-refractivity contribution < 1.29 is 5.11 Å². The fourth-order valence-corrected chi connectivity index (χ4v) is 0.842. The molecule has 1 rings (SSSR count). The van der Waals surface area contributed by atoms with Crippen molar-refractivity contribution in [1.29, 1.82) is 0 Å². The monoisotopic (exact) mass is 166 g/mol. The molecule has 1 atom stereocenters. The van der Waals surface area contributed by atoms with E-state index in [9.17, 15) is 0 Å². The molecule has 57 valence electrons. The number of aromatic nitrogens is 1. The van der Waals surface area contributed by atoms with Crippen molar-refractivity contribution in [2.24, 2.45) is 0 Å². The highest BCUT2D eigenvalue weighted by Gasteiger charge is 2.01. The summed E-state index contributed by atoms with van der Waals surface area (Å²) >= 11 is 4.45. The van der Waals surface area contributed by atoms with E-state index in [1.807, 2.05) is 18.2 Å². The summed E-state index contributed by atoms with van der Waals surface area (Å²) in [6, 6.07) is 5.55. The van der Waals surface area contributed by atoms with Crippen molar-refractivity contribution in [3.05, 3.63) is 30.1 Å². The van der Waals surface area contributed by atoms with Gasteiger partial charge in [0.15, 0.2) is 0 Å². The molecule has 1 aromatic rings. The molecule has 0 fully saturated rings. The van der Waals surface area contributed by atoms with E-state index in [2.05, 4.69) is 22.6 Å². The van der Waals surface area contributed by atoms with Gasteiger partial charge >= 0.3 is 0 Å². The maximum atomic E-state index is 9.06. The number of hydrogen-bond acceptors (Lipinski definition) is 3. The number of thiocarbonyl (C=S) groups is 1. The molecule has 1 heterocycles. The molecule has 1 aromatic heterocycles. The number of aliphatic hydroxyl groups is 1. The lowest BCUT2D eigenvalue weighted by Gasteiger charge is -2.00. The minimum Gasteiger partial charge on any atom is -0.387 e. The molecule has 1 N–H and O–H groups in total. The average molecular weight is 166 g/mol. The first-order chi connectivity index (χ1) is 5.33. The third kappa shape index (κ3) is 2.74. The van der Waals surface area contributed by atoms with Gasteiger partial charge in [-0.2, -0.15) is 0 Å². The molecule has 0 aliphatic carbocycles. The van der Waals surface area contributed by atoms with Crippen LogP contribution in [-0.4, -0.2) is 21.6 Å². The summed E-state index contributed by atoms with van der Waals surface area (Å²) in [6.07, 6.45) is 1.45. The number of aliphatic hydroxyl groups excluding tert-OH is 1. The summed E-state index contributed by atoms with van der Waals surface area (Å²) in [5.74, 6) is 0. The Bertz CT molecular complexity index is 225. The Labute approximate surface area is 70.9 Å². The van der Waals surface area contributed by atoms with E-state index >= 15 is 0 Å². The molecular formula is C8H8NOS. The lowest BCUT2D eigenvalue weighted by atomic mass is 10.2. The normalized spacial score (nSPS) is 12.5.